The molecule has 3 aliphatic rings. The molecule has 9 heteroatoms. The minimum atomic E-state index is -0.413. The second kappa shape index (κ2) is 10.0. The van der Waals surface area contributed by atoms with Crippen molar-refractivity contribution in [2.75, 3.05) is 62.6 Å². The first-order valence-electron chi connectivity index (χ1n) is 12.2. The van der Waals surface area contributed by atoms with Crippen LogP contribution >= 0.6 is 0 Å². The van der Waals surface area contributed by atoms with Crippen molar-refractivity contribution in [2.45, 2.75) is 12.8 Å². The van der Waals surface area contributed by atoms with Gasteiger partial charge < -0.3 is 25.3 Å². The van der Waals surface area contributed by atoms with Gasteiger partial charge in [-0.3, -0.25) is 14.4 Å². The molecular formula is C26H30FN5O3. The first-order valence-corrected chi connectivity index (χ1v) is 12.2. The van der Waals surface area contributed by atoms with Crippen molar-refractivity contribution in [3.8, 4) is 0 Å². The van der Waals surface area contributed by atoms with Crippen molar-refractivity contribution < 1.29 is 18.8 Å². The van der Waals surface area contributed by atoms with E-state index in [-0.39, 0.29) is 23.6 Å². The van der Waals surface area contributed by atoms with Crippen LogP contribution in [0.2, 0.25) is 0 Å². The number of benzene rings is 2. The molecule has 2 N–H and O–H groups in total. The Morgan fingerprint density at radius 2 is 1.49 bits per heavy atom. The van der Waals surface area contributed by atoms with Gasteiger partial charge in [-0.25, -0.2) is 4.39 Å². The van der Waals surface area contributed by atoms with Crippen molar-refractivity contribution in [1.82, 2.24) is 15.1 Å². The fourth-order valence-corrected chi connectivity index (χ4v) is 4.65. The lowest BCUT2D eigenvalue weighted by molar-refractivity contribution is -0.132. The van der Waals surface area contributed by atoms with E-state index in [1.165, 1.54) is 24.3 Å². The summed E-state index contributed by atoms with van der Waals surface area (Å²) in [5, 5.41) is 6.18. The molecule has 0 aromatic heterocycles. The van der Waals surface area contributed by atoms with Gasteiger partial charge in [-0.15, -0.1) is 0 Å². The predicted octanol–water partition coefficient (Wildman–Crippen LogP) is 2.18. The Morgan fingerprint density at radius 3 is 2.14 bits per heavy atom. The van der Waals surface area contributed by atoms with Gasteiger partial charge in [-0.05, 0) is 55.3 Å². The Kier molecular flexibility index (Phi) is 6.68. The fourth-order valence-electron chi connectivity index (χ4n) is 4.65. The molecule has 0 unspecified atom stereocenters. The van der Waals surface area contributed by atoms with Crippen LogP contribution in [0.25, 0.3) is 0 Å². The molecule has 184 valence electrons. The molecule has 0 bridgehead atoms. The van der Waals surface area contributed by atoms with Gasteiger partial charge in [-0.1, -0.05) is 0 Å². The smallest absolute Gasteiger partial charge is 0.255 e. The fraction of sp³-hybridized carbons (Fsp3) is 0.423. The van der Waals surface area contributed by atoms with E-state index >= 15 is 0 Å². The van der Waals surface area contributed by atoms with E-state index in [0.717, 1.165) is 31.6 Å². The molecule has 5 rings (SSSR count). The van der Waals surface area contributed by atoms with Crippen LogP contribution < -0.4 is 15.5 Å². The highest BCUT2D eigenvalue weighted by Crippen LogP contribution is 2.33. The van der Waals surface area contributed by atoms with Gasteiger partial charge in [0.15, 0.2) is 0 Å². The minimum absolute atomic E-state index is 0.0739. The van der Waals surface area contributed by atoms with Gasteiger partial charge in [-0.2, -0.15) is 0 Å². The van der Waals surface area contributed by atoms with Crippen molar-refractivity contribution >= 4 is 29.1 Å². The topological polar surface area (TPSA) is 85.0 Å². The largest absolute Gasteiger partial charge is 0.366 e. The van der Waals surface area contributed by atoms with E-state index < -0.39 is 5.82 Å². The first-order chi connectivity index (χ1) is 17.0. The van der Waals surface area contributed by atoms with Crippen molar-refractivity contribution in [1.29, 1.82) is 0 Å². The molecule has 8 nitrogen and oxygen atoms in total. The molecule has 1 aliphatic carbocycles. The standard InChI is InChI=1S/C26H30FN5O3/c27-21-6-3-18(4-7-21)24(33)29-22-17-20(26(35)31-11-9-28-10-12-31)5-8-23(22)30-13-15-32(16-14-30)25(34)19-1-2-19/h3-8,17,19,28H,1-2,9-16H2,(H,29,33). The molecule has 0 atom stereocenters. The molecule has 2 saturated heterocycles. The number of hydrogen-bond donors (Lipinski definition) is 2. The van der Waals surface area contributed by atoms with Crippen LogP contribution in [0.15, 0.2) is 42.5 Å². The van der Waals surface area contributed by atoms with Gasteiger partial charge in [0.2, 0.25) is 5.91 Å². The molecule has 2 heterocycles. The maximum atomic E-state index is 13.3. The lowest BCUT2D eigenvalue weighted by atomic mass is 10.1. The summed E-state index contributed by atoms with van der Waals surface area (Å²) in [6.07, 6.45) is 1.97. The second-order valence-corrected chi connectivity index (χ2v) is 9.32. The average molecular weight is 480 g/mol. The Hall–Kier alpha value is -3.46. The summed E-state index contributed by atoms with van der Waals surface area (Å²) in [7, 11) is 0. The Labute approximate surface area is 204 Å². The Morgan fingerprint density at radius 1 is 0.829 bits per heavy atom. The minimum Gasteiger partial charge on any atom is -0.366 e. The summed E-state index contributed by atoms with van der Waals surface area (Å²) in [6.45, 7) is 5.31. The Bertz CT molecular complexity index is 1100. The van der Waals surface area contributed by atoms with Gasteiger partial charge in [0, 0.05) is 69.4 Å². The van der Waals surface area contributed by atoms with Crippen LogP contribution in [0.4, 0.5) is 15.8 Å². The van der Waals surface area contributed by atoms with Gasteiger partial charge >= 0.3 is 0 Å². The van der Waals surface area contributed by atoms with Crippen LogP contribution in [0, 0.1) is 11.7 Å². The van der Waals surface area contributed by atoms with Gasteiger partial charge in [0.25, 0.3) is 11.8 Å². The molecule has 3 amide bonds. The third kappa shape index (κ3) is 5.30. The van der Waals surface area contributed by atoms with E-state index in [1.807, 2.05) is 11.0 Å². The molecule has 2 aromatic carbocycles. The van der Waals surface area contributed by atoms with Crippen LogP contribution in [0.5, 0.6) is 0 Å². The molecule has 2 aromatic rings. The third-order valence-corrected chi connectivity index (χ3v) is 6.86. The lowest BCUT2D eigenvalue weighted by Crippen LogP contribution is -2.49. The van der Waals surface area contributed by atoms with Gasteiger partial charge in [0.05, 0.1) is 11.4 Å². The van der Waals surface area contributed by atoms with Crippen LogP contribution in [-0.2, 0) is 4.79 Å². The number of carbonyl (C=O) groups excluding carboxylic acids is 3. The third-order valence-electron chi connectivity index (χ3n) is 6.86. The number of amides is 3. The van der Waals surface area contributed by atoms with Crippen molar-refractivity contribution in [2.24, 2.45) is 5.92 Å². The maximum absolute atomic E-state index is 13.3. The molecule has 2 aliphatic heterocycles. The highest BCUT2D eigenvalue weighted by atomic mass is 19.1. The molecule has 0 radical (unpaired) electrons. The van der Waals surface area contributed by atoms with Crippen molar-refractivity contribution in [3.63, 3.8) is 0 Å². The van der Waals surface area contributed by atoms with Crippen LogP contribution in [-0.4, -0.2) is 79.9 Å². The monoisotopic (exact) mass is 479 g/mol. The number of halogens is 1. The lowest BCUT2D eigenvalue weighted by Gasteiger charge is -2.37. The van der Waals surface area contributed by atoms with Crippen LogP contribution in [0.3, 0.4) is 0 Å². The molecule has 0 spiro atoms. The zero-order valence-corrected chi connectivity index (χ0v) is 19.6. The number of rotatable bonds is 5. The molecule has 35 heavy (non-hydrogen) atoms. The summed E-state index contributed by atoms with van der Waals surface area (Å²) in [6, 6.07) is 10.8. The number of anilines is 2. The maximum Gasteiger partial charge on any atom is 0.255 e. The summed E-state index contributed by atoms with van der Waals surface area (Å²) < 4.78 is 13.3. The van der Waals surface area contributed by atoms with Gasteiger partial charge in [0.1, 0.15) is 5.82 Å². The highest BCUT2D eigenvalue weighted by molar-refractivity contribution is 6.07. The molecular weight excluding hydrogens is 449 g/mol. The number of nitrogens with zero attached hydrogens (tertiary/aromatic N) is 3. The number of nitrogens with one attached hydrogen (secondary N) is 2. The first kappa shape index (κ1) is 23.3. The quantitative estimate of drug-likeness (QED) is 0.687. The highest BCUT2D eigenvalue weighted by Gasteiger charge is 2.35. The summed E-state index contributed by atoms with van der Waals surface area (Å²) in [5.74, 6) is -0.422. The average Bonchev–Trinajstić information content (AvgIpc) is 3.74. The SMILES string of the molecule is O=C(Nc1cc(C(=O)N2CCNCC2)ccc1N1CCN(C(=O)C2CC2)CC1)c1ccc(F)cc1. The number of piperazine rings is 2. The van der Waals surface area contributed by atoms with Crippen LogP contribution in [0.1, 0.15) is 33.6 Å². The predicted molar refractivity (Wildman–Crippen MR) is 131 cm³/mol. The Balaban J connectivity index is 1.38. The summed E-state index contributed by atoms with van der Waals surface area (Å²) >= 11 is 0. The van der Waals surface area contributed by atoms with E-state index in [1.54, 1.807) is 17.0 Å². The van der Waals surface area contributed by atoms with E-state index in [4.69, 9.17) is 0 Å². The zero-order chi connectivity index (χ0) is 24.4. The normalized spacial score (nSPS) is 18.4. The zero-order valence-electron chi connectivity index (χ0n) is 19.6. The molecule has 3 fully saturated rings. The number of hydrogen-bond acceptors (Lipinski definition) is 5. The van der Waals surface area contributed by atoms with E-state index in [0.29, 0.717) is 56.1 Å². The van der Waals surface area contributed by atoms with E-state index in [2.05, 4.69) is 15.5 Å². The van der Waals surface area contributed by atoms with E-state index in [9.17, 15) is 18.8 Å². The van der Waals surface area contributed by atoms with Crippen molar-refractivity contribution in [3.05, 3.63) is 59.4 Å². The summed E-state index contributed by atoms with van der Waals surface area (Å²) in [4.78, 5) is 44.4. The summed E-state index contributed by atoms with van der Waals surface area (Å²) in [5.41, 5.74) is 2.17. The molecule has 1 saturated carbocycles. The second-order valence-electron chi connectivity index (χ2n) is 9.32. The number of carbonyl (C=O) groups is 3.